The van der Waals surface area contributed by atoms with Crippen LogP contribution in [0.3, 0.4) is 0 Å². The number of hydrogen-bond acceptors (Lipinski definition) is 9. The van der Waals surface area contributed by atoms with Crippen LogP contribution in [0.1, 0.15) is 46.5 Å². The molecule has 4 rings (SSSR count). The van der Waals surface area contributed by atoms with E-state index in [1.807, 2.05) is 36.1 Å². The third-order valence-electron chi connectivity index (χ3n) is 6.48. The molecule has 38 heavy (non-hydrogen) atoms. The number of ether oxygens (including phenoxy) is 1. The van der Waals surface area contributed by atoms with E-state index in [-0.39, 0.29) is 17.0 Å². The van der Waals surface area contributed by atoms with Crippen LogP contribution in [0.2, 0.25) is 0 Å². The van der Waals surface area contributed by atoms with Gasteiger partial charge in [-0.25, -0.2) is 27.9 Å². The minimum Gasteiger partial charge on any atom is -0.425 e. The predicted molar refractivity (Wildman–Crippen MR) is 148 cm³/mol. The second-order valence-electron chi connectivity index (χ2n) is 10.3. The van der Waals surface area contributed by atoms with Crippen molar-refractivity contribution in [3.63, 3.8) is 0 Å². The van der Waals surface area contributed by atoms with Crippen LogP contribution in [-0.4, -0.2) is 61.0 Å². The lowest BCUT2D eigenvalue weighted by Gasteiger charge is -2.27. The Labute approximate surface area is 227 Å². The van der Waals surface area contributed by atoms with E-state index in [1.54, 1.807) is 23.5 Å². The van der Waals surface area contributed by atoms with Crippen molar-refractivity contribution in [2.75, 3.05) is 18.0 Å². The van der Waals surface area contributed by atoms with Crippen molar-refractivity contribution in [2.24, 2.45) is 5.41 Å². The van der Waals surface area contributed by atoms with Gasteiger partial charge in [0.25, 0.3) is 10.0 Å². The molecule has 3 N–H and O–H groups in total. The first kappa shape index (κ1) is 28.2. The third-order valence-corrected chi connectivity index (χ3v) is 8.89. The molecule has 2 aromatic heterocycles. The molecule has 1 saturated heterocycles. The van der Waals surface area contributed by atoms with Crippen LogP contribution in [0.15, 0.2) is 53.7 Å². The molecule has 1 aromatic carbocycles. The quantitative estimate of drug-likeness (QED) is 0.321. The second kappa shape index (κ2) is 11.9. The molecular weight excluding hydrogens is 526 g/mol. The number of nitrogens with one attached hydrogen (secondary N) is 2. The van der Waals surface area contributed by atoms with Crippen molar-refractivity contribution >= 4 is 42.8 Å². The fraction of sp³-hybridized carbons (Fsp3) is 0.500. The number of carbonyl (C=O) groups is 1. The van der Waals surface area contributed by atoms with Crippen molar-refractivity contribution < 1.29 is 23.1 Å². The van der Waals surface area contributed by atoms with Gasteiger partial charge in [0.2, 0.25) is 0 Å². The van der Waals surface area contributed by atoms with E-state index in [0.717, 1.165) is 28.2 Å². The minimum absolute atomic E-state index is 0.0896. The number of alkyl carbamates (subject to hydrolysis) is 1. The van der Waals surface area contributed by atoms with Gasteiger partial charge in [-0.2, -0.15) is 0 Å². The van der Waals surface area contributed by atoms with E-state index in [0.29, 0.717) is 19.4 Å². The van der Waals surface area contributed by atoms with Crippen molar-refractivity contribution in [1.82, 2.24) is 20.0 Å². The molecule has 1 fully saturated rings. The van der Waals surface area contributed by atoms with Gasteiger partial charge in [0, 0.05) is 25.7 Å². The molecule has 1 aliphatic heterocycles. The summed E-state index contributed by atoms with van der Waals surface area (Å²) < 4.78 is 34.3. The summed E-state index contributed by atoms with van der Waals surface area (Å²) in [5, 5.41) is 14.2. The number of rotatable bonds is 11. The number of nitrogens with zero attached hydrogens (tertiary/aromatic N) is 3. The Bertz CT molecular complexity index is 1300. The number of aliphatic hydroxyl groups is 1. The molecule has 12 heteroatoms. The molecule has 0 aliphatic carbocycles. The fourth-order valence-corrected chi connectivity index (χ4v) is 6.50. The molecule has 3 aromatic rings. The molecular formula is C26H35N5O5S2. The number of anilines is 1. The highest BCUT2D eigenvalue weighted by Crippen LogP contribution is 2.40. The number of carbonyl (C=O) groups excluding carboxylic acids is 1. The van der Waals surface area contributed by atoms with Gasteiger partial charge in [0.15, 0.2) is 16.4 Å². The van der Waals surface area contributed by atoms with Gasteiger partial charge in [-0.1, -0.05) is 63.1 Å². The summed E-state index contributed by atoms with van der Waals surface area (Å²) in [6.45, 7) is 6.65. The van der Waals surface area contributed by atoms with E-state index < -0.39 is 34.5 Å². The maximum atomic E-state index is 13.0. The largest absolute Gasteiger partial charge is 0.425 e. The standard InChI is InChI=1S/C26H35N5O5S2/c1-4-5-10-18(20(32)16-28-38(34,35)22-13-8-9-14-27-22)30-25(33)36-23-15-26(2,3)17-31(23)24-29-19-11-6-7-12-21(19)37-24/h6-9,11-14,18,20,23,28,32H,4-5,10,15-17H2,1-3H3,(H,30,33)/t18-,20-,23?/m0/s1. The zero-order chi connectivity index (χ0) is 27.3. The number of para-hydroxylation sites is 1. The number of sulfonamides is 1. The number of unbranched alkanes of at least 4 members (excludes halogenated alkanes) is 1. The SMILES string of the molecule is CCCC[C@H](NC(=O)OC1CC(C)(C)CN1c1nc2ccccc2s1)[C@@H](O)CNS(=O)(=O)c1ccccn1. The molecule has 0 saturated carbocycles. The fourth-order valence-electron chi connectivity index (χ4n) is 4.50. The molecule has 3 heterocycles. The van der Waals surface area contributed by atoms with Crippen molar-refractivity contribution in [2.45, 2.75) is 69.9 Å². The Morgan fingerprint density at radius 3 is 2.74 bits per heavy atom. The molecule has 1 unspecified atom stereocenters. The first-order valence-electron chi connectivity index (χ1n) is 12.8. The minimum atomic E-state index is -3.90. The molecule has 1 aliphatic rings. The lowest BCUT2D eigenvalue weighted by atomic mass is 9.93. The van der Waals surface area contributed by atoms with Crippen LogP contribution >= 0.6 is 11.3 Å². The van der Waals surface area contributed by atoms with Crippen LogP contribution in [0.25, 0.3) is 10.2 Å². The van der Waals surface area contributed by atoms with E-state index in [2.05, 4.69) is 28.9 Å². The van der Waals surface area contributed by atoms with Crippen LogP contribution in [0.5, 0.6) is 0 Å². The number of pyridine rings is 1. The van der Waals surface area contributed by atoms with Gasteiger partial charge >= 0.3 is 6.09 Å². The zero-order valence-corrected chi connectivity index (χ0v) is 23.5. The Kier molecular flexibility index (Phi) is 8.86. The maximum Gasteiger partial charge on any atom is 0.409 e. The van der Waals surface area contributed by atoms with E-state index in [4.69, 9.17) is 9.72 Å². The Morgan fingerprint density at radius 1 is 1.26 bits per heavy atom. The zero-order valence-electron chi connectivity index (χ0n) is 21.8. The van der Waals surface area contributed by atoms with Crippen LogP contribution in [0.4, 0.5) is 9.93 Å². The summed E-state index contributed by atoms with van der Waals surface area (Å²) >= 11 is 1.56. The summed E-state index contributed by atoms with van der Waals surface area (Å²) in [6, 6.07) is 11.8. The van der Waals surface area contributed by atoms with Crippen LogP contribution in [0, 0.1) is 5.41 Å². The van der Waals surface area contributed by atoms with Gasteiger partial charge in [0.05, 0.1) is 22.4 Å². The van der Waals surface area contributed by atoms with E-state index >= 15 is 0 Å². The topological polar surface area (TPSA) is 134 Å². The molecule has 0 bridgehead atoms. The molecule has 3 atom stereocenters. The number of aromatic nitrogens is 2. The summed E-state index contributed by atoms with van der Waals surface area (Å²) in [7, 11) is -3.90. The number of fused-ring (bicyclic) bond motifs is 1. The monoisotopic (exact) mass is 561 g/mol. The van der Waals surface area contributed by atoms with Crippen LogP contribution < -0.4 is 14.9 Å². The predicted octanol–water partition coefficient (Wildman–Crippen LogP) is 3.88. The molecule has 206 valence electrons. The first-order valence-corrected chi connectivity index (χ1v) is 15.1. The summed E-state index contributed by atoms with van der Waals surface area (Å²) in [5.41, 5.74) is 0.810. The van der Waals surface area contributed by atoms with Gasteiger partial charge in [0.1, 0.15) is 0 Å². The molecule has 0 spiro atoms. The average molecular weight is 562 g/mol. The summed E-state index contributed by atoms with van der Waals surface area (Å²) in [6.07, 6.45) is 1.73. The normalized spacial score (nSPS) is 18.8. The first-order chi connectivity index (χ1) is 18.1. The highest BCUT2D eigenvalue weighted by molar-refractivity contribution is 7.89. The van der Waals surface area contributed by atoms with E-state index in [1.165, 1.54) is 12.3 Å². The Morgan fingerprint density at radius 2 is 2.03 bits per heavy atom. The molecule has 0 radical (unpaired) electrons. The average Bonchev–Trinajstić information content (AvgIpc) is 3.45. The smallest absolute Gasteiger partial charge is 0.409 e. The Balaban J connectivity index is 1.41. The summed E-state index contributed by atoms with van der Waals surface area (Å²) in [4.78, 5) is 23.6. The molecule has 1 amide bonds. The maximum absolute atomic E-state index is 13.0. The van der Waals surface area contributed by atoms with Crippen LogP contribution in [-0.2, 0) is 14.8 Å². The van der Waals surface area contributed by atoms with E-state index in [9.17, 15) is 18.3 Å². The van der Waals surface area contributed by atoms with Gasteiger partial charge in [-0.15, -0.1) is 0 Å². The van der Waals surface area contributed by atoms with Gasteiger partial charge < -0.3 is 20.1 Å². The second-order valence-corrected chi connectivity index (χ2v) is 13.0. The van der Waals surface area contributed by atoms with Gasteiger partial charge in [-0.05, 0) is 36.1 Å². The van der Waals surface area contributed by atoms with Crippen molar-refractivity contribution in [3.8, 4) is 0 Å². The lowest BCUT2D eigenvalue weighted by molar-refractivity contribution is 0.0760. The number of thiazole rings is 1. The highest BCUT2D eigenvalue weighted by Gasteiger charge is 2.41. The highest BCUT2D eigenvalue weighted by atomic mass is 32.2. The number of amides is 1. The Hall–Kier alpha value is -2.80. The van der Waals surface area contributed by atoms with Crippen molar-refractivity contribution in [3.05, 3.63) is 48.7 Å². The summed E-state index contributed by atoms with van der Waals surface area (Å²) in [5.74, 6) is 0. The lowest BCUT2D eigenvalue weighted by Crippen LogP contribution is -2.49. The number of benzene rings is 1. The molecule has 10 nitrogen and oxygen atoms in total. The van der Waals surface area contributed by atoms with Gasteiger partial charge in [-0.3, -0.25) is 0 Å². The third kappa shape index (κ3) is 6.99. The number of hydrogen-bond donors (Lipinski definition) is 3. The van der Waals surface area contributed by atoms with Crippen molar-refractivity contribution in [1.29, 1.82) is 0 Å². The number of aliphatic hydroxyl groups excluding tert-OH is 1.